The topological polar surface area (TPSA) is 92.7 Å². The van der Waals surface area contributed by atoms with Crippen molar-refractivity contribution in [2.75, 3.05) is 12.8 Å². The van der Waals surface area contributed by atoms with Crippen molar-refractivity contribution >= 4 is 51.8 Å². The molecule has 0 spiro atoms. The van der Waals surface area contributed by atoms with Gasteiger partial charge in [0.25, 0.3) is 0 Å². The number of aromatic nitrogens is 4. The van der Waals surface area contributed by atoms with Gasteiger partial charge in [-0.25, -0.2) is 17.8 Å². The molecule has 7 nitrogen and oxygen atoms in total. The minimum Gasteiger partial charge on any atom is -0.241 e. The van der Waals surface area contributed by atoms with E-state index in [1.165, 1.54) is 4.68 Å². The van der Waals surface area contributed by atoms with Crippen LogP contribution < -0.4 is 4.72 Å². The zero-order chi connectivity index (χ0) is 9.90. The van der Waals surface area contributed by atoms with Gasteiger partial charge in [0.1, 0.15) is 0 Å². The summed E-state index contributed by atoms with van der Waals surface area (Å²) < 4.78 is 25.4. The van der Waals surface area contributed by atoms with Crippen LogP contribution in [0, 0.1) is 4.77 Å². The van der Waals surface area contributed by atoms with Crippen LogP contribution in [0.1, 0.15) is 0 Å². The average molecular weight is 246 g/mol. The molecular weight excluding hydrogens is 237 g/mol. The van der Waals surface area contributed by atoms with E-state index in [1.54, 1.807) is 0 Å². The Labute approximate surface area is 109 Å². The zero-order valence-electron chi connectivity index (χ0n) is 7.89. The van der Waals surface area contributed by atoms with Crippen LogP contribution in [0.25, 0.3) is 0 Å². The molecular formula is C4H9N5NaO2S2. The van der Waals surface area contributed by atoms with Gasteiger partial charge in [-0.2, -0.15) is 5.21 Å². The molecule has 75 valence electrons. The number of nitrogens with one attached hydrogen (secondary N) is 2. The number of hydrogen-bond donors (Lipinski definition) is 2. The van der Waals surface area contributed by atoms with Crippen LogP contribution in [0.2, 0.25) is 0 Å². The molecule has 0 bridgehead atoms. The molecule has 2 N–H and O–H groups in total. The van der Waals surface area contributed by atoms with E-state index in [1.807, 2.05) is 0 Å². The van der Waals surface area contributed by atoms with Crippen molar-refractivity contribution in [2.45, 2.75) is 6.54 Å². The van der Waals surface area contributed by atoms with E-state index in [9.17, 15) is 8.42 Å². The standard InChI is InChI=1S/C4H9N5O2S2.Na/c1-13(10,11)5-2-3-9-4(12)6-7-8-9;/h5H,2-3H2,1H3,(H,6,8,12);. The molecule has 1 radical (unpaired) electrons. The van der Waals surface area contributed by atoms with E-state index >= 15 is 0 Å². The Balaban J connectivity index is 0.00000169. The number of sulfonamides is 1. The summed E-state index contributed by atoms with van der Waals surface area (Å²) >= 11 is 4.77. The minimum atomic E-state index is -3.14. The van der Waals surface area contributed by atoms with Crippen molar-refractivity contribution in [1.29, 1.82) is 0 Å². The van der Waals surface area contributed by atoms with Crippen LogP contribution in [0.15, 0.2) is 0 Å². The van der Waals surface area contributed by atoms with Gasteiger partial charge in [-0.15, -0.1) is 0 Å². The molecule has 0 aliphatic heterocycles. The summed E-state index contributed by atoms with van der Waals surface area (Å²) in [5.41, 5.74) is 0. The molecule has 0 amide bonds. The first-order chi connectivity index (χ1) is 5.99. The van der Waals surface area contributed by atoms with Crippen molar-refractivity contribution < 1.29 is 8.42 Å². The molecule has 0 fully saturated rings. The van der Waals surface area contributed by atoms with E-state index in [0.29, 0.717) is 11.3 Å². The molecule has 1 rings (SSSR count). The third-order valence-electron chi connectivity index (χ3n) is 1.23. The Hall–Kier alpha value is 0.200. The van der Waals surface area contributed by atoms with Gasteiger partial charge in [-0.1, -0.05) is 10.3 Å². The monoisotopic (exact) mass is 246 g/mol. The molecule has 10 heteroatoms. The minimum absolute atomic E-state index is 0. The van der Waals surface area contributed by atoms with E-state index < -0.39 is 10.0 Å². The normalized spacial score (nSPS) is 10.9. The van der Waals surface area contributed by atoms with Gasteiger partial charge >= 0.3 is 0 Å². The third kappa shape index (κ3) is 5.17. The molecule has 14 heavy (non-hydrogen) atoms. The number of nitrogens with zero attached hydrogens (tertiary/aromatic N) is 3. The molecule has 1 heterocycles. The van der Waals surface area contributed by atoms with Gasteiger partial charge in [0.2, 0.25) is 14.8 Å². The Morgan fingerprint density at radius 1 is 1.64 bits per heavy atom. The number of hydrogen-bond acceptors (Lipinski definition) is 5. The second kappa shape index (κ2) is 5.93. The zero-order valence-corrected chi connectivity index (χ0v) is 11.5. The molecule has 1 aromatic rings. The second-order valence-electron chi connectivity index (χ2n) is 2.40. The SMILES string of the molecule is CS(=O)(=O)NCCn1[nH]nnc1=S.[Na]. The Bertz CT molecular complexity index is 423. The van der Waals surface area contributed by atoms with Gasteiger partial charge in [-0.3, -0.25) is 0 Å². The van der Waals surface area contributed by atoms with Crippen molar-refractivity contribution in [1.82, 2.24) is 24.9 Å². The van der Waals surface area contributed by atoms with Gasteiger partial charge in [0.15, 0.2) is 0 Å². The Morgan fingerprint density at radius 2 is 2.29 bits per heavy atom. The summed E-state index contributed by atoms with van der Waals surface area (Å²) in [6, 6.07) is 0. The van der Waals surface area contributed by atoms with Crippen molar-refractivity contribution in [3.63, 3.8) is 0 Å². The van der Waals surface area contributed by atoms with Crippen molar-refractivity contribution in [2.24, 2.45) is 0 Å². The molecule has 0 atom stereocenters. The van der Waals surface area contributed by atoms with Crippen LogP contribution >= 0.6 is 12.2 Å². The molecule has 0 aromatic carbocycles. The average Bonchev–Trinajstić information content (AvgIpc) is 2.34. The summed E-state index contributed by atoms with van der Waals surface area (Å²) in [6.07, 6.45) is 1.09. The summed E-state index contributed by atoms with van der Waals surface area (Å²) in [6.45, 7) is 0.649. The van der Waals surface area contributed by atoms with E-state index in [-0.39, 0.29) is 36.1 Å². The van der Waals surface area contributed by atoms with Crippen LogP contribution in [0.4, 0.5) is 0 Å². The van der Waals surface area contributed by atoms with E-state index in [4.69, 9.17) is 12.2 Å². The van der Waals surface area contributed by atoms with Gasteiger partial charge < -0.3 is 0 Å². The first-order valence-corrected chi connectivity index (χ1v) is 5.71. The van der Waals surface area contributed by atoms with E-state index in [0.717, 1.165) is 6.26 Å². The molecule has 0 saturated heterocycles. The van der Waals surface area contributed by atoms with Gasteiger partial charge in [0.05, 0.1) is 12.8 Å². The second-order valence-corrected chi connectivity index (χ2v) is 4.60. The summed E-state index contributed by atoms with van der Waals surface area (Å²) in [5, 5.41) is 9.48. The quantitative estimate of drug-likeness (QED) is 0.498. The van der Waals surface area contributed by atoms with Gasteiger partial charge in [0, 0.05) is 36.1 Å². The smallest absolute Gasteiger partial charge is 0.238 e. The number of H-pyrrole nitrogens is 1. The van der Waals surface area contributed by atoms with Crippen molar-refractivity contribution in [3.8, 4) is 0 Å². The molecule has 0 aliphatic carbocycles. The largest absolute Gasteiger partial charge is 0.241 e. The number of rotatable bonds is 4. The maximum absolute atomic E-state index is 10.7. The summed E-state index contributed by atoms with van der Waals surface area (Å²) in [4.78, 5) is 0. The first kappa shape index (κ1) is 14.2. The van der Waals surface area contributed by atoms with Crippen LogP contribution in [-0.2, 0) is 16.6 Å². The fourth-order valence-corrected chi connectivity index (χ4v) is 1.34. The van der Waals surface area contributed by atoms with Crippen molar-refractivity contribution in [3.05, 3.63) is 4.77 Å². The molecule has 0 unspecified atom stereocenters. The Kier molecular flexibility index (Phi) is 6.02. The van der Waals surface area contributed by atoms with Crippen LogP contribution in [0.5, 0.6) is 0 Å². The molecule has 0 saturated carbocycles. The Morgan fingerprint density at radius 3 is 2.71 bits per heavy atom. The summed E-state index contributed by atoms with van der Waals surface area (Å²) in [7, 11) is -3.14. The third-order valence-corrected chi connectivity index (χ3v) is 2.26. The fraction of sp³-hybridized carbons (Fsp3) is 0.750. The molecule has 0 aliphatic rings. The maximum Gasteiger partial charge on any atom is 0.238 e. The van der Waals surface area contributed by atoms with Gasteiger partial charge in [-0.05, 0) is 12.2 Å². The fourth-order valence-electron chi connectivity index (χ4n) is 0.704. The molecule has 1 aromatic heterocycles. The summed E-state index contributed by atoms with van der Waals surface area (Å²) in [5.74, 6) is 0. The van der Waals surface area contributed by atoms with Crippen LogP contribution in [-0.4, -0.2) is 71.0 Å². The first-order valence-electron chi connectivity index (χ1n) is 3.41. The predicted octanol–water partition coefficient (Wildman–Crippen LogP) is -1.50. The number of tetrazole rings is 1. The van der Waals surface area contributed by atoms with Crippen LogP contribution in [0.3, 0.4) is 0 Å². The maximum atomic E-state index is 10.7. The predicted molar refractivity (Wildman–Crippen MR) is 53.8 cm³/mol. The van der Waals surface area contributed by atoms with E-state index in [2.05, 4.69) is 20.2 Å². The number of aromatic amines is 1.